The second kappa shape index (κ2) is 4.58. The topological polar surface area (TPSA) is 36.9 Å². The molecule has 21 heavy (non-hydrogen) atoms. The van der Waals surface area contributed by atoms with E-state index in [4.69, 9.17) is 18.9 Å². The van der Waals surface area contributed by atoms with Crippen molar-refractivity contribution in [1.82, 2.24) is 0 Å². The van der Waals surface area contributed by atoms with E-state index in [2.05, 4.69) is 6.07 Å². The molecule has 0 unspecified atom stereocenters. The van der Waals surface area contributed by atoms with Crippen molar-refractivity contribution < 1.29 is 18.9 Å². The zero-order chi connectivity index (χ0) is 14.4. The summed E-state index contributed by atoms with van der Waals surface area (Å²) >= 11 is 0. The van der Waals surface area contributed by atoms with Gasteiger partial charge < -0.3 is 18.9 Å². The van der Waals surface area contributed by atoms with Crippen LogP contribution in [-0.4, -0.2) is 20.8 Å². The lowest BCUT2D eigenvalue weighted by Crippen LogP contribution is -2.23. The van der Waals surface area contributed by atoms with E-state index < -0.39 is 0 Å². The van der Waals surface area contributed by atoms with Gasteiger partial charge in [0.2, 0.25) is 0 Å². The highest BCUT2D eigenvalue weighted by Crippen LogP contribution is 2.52. The van der Waals surface area contributed by atoms with Gasteiger partial charge in [0.25, 0.3) is 0 Å². The maximum atomic E-state index is 6.16. The summed E-state index contributed by atoms with van der Waals surface area (Å²) in [6.07, 6.45) is -0.0223. The van der Waals surface area contributed by atoms with Crippen LogP contribution in [0.25, 0.3) is 0 Å². The maximum Gasteiger partial charge on any atom is 0.138 e. The first kappa shape index (κ1) is 12.4. The molecular formula is C17H16O4. The number of hydrogen-bond acceptors (Lipinski definition) is 4. The fourth-order valence-electron chi connectivity index (χ4n) is 3.08. The van der Waals surface area contributed by atoms with E-state index >= 15 is 0 Å². The van der Waals surface area contributed by atoms with Gasteiger partial charge in [-0.3, -0.25) is 0 Å². The van der Waals surface area contributed by atoms with Crippen LogP contribution in [0.3, 0.4) is 0 Å². The van der Waals surface area contributed by atoms with Gasteiger partial charge in [-0.25, -0.2) is 0 Å². The first-order chi connectivity index (χ1) is 10.3. The minimum Gasteiger partial charge on any atom is -0.497 e. The monoisotopic (exact) mass is 284 g/mol. The molecule has 0 bridgehead atoms. The van der Waals surface area contributed by atoms with Crippen LogP contribution in [0.5, 0.6) is 23.0 Å². The predicted octanol–water partition coefficient (Wildman–Crippen LogP) is 3.31. The van der Waals surface area contributed by atoms with Crippen LogP contribution in [0.1, 0.15) is 23.1 Å². The van der Waals surface area contributed by atoms with Crippen LogP contribution < -0.4 is 18.9 Å². The Morgan fingerprint density at radius 2 is 1.67 bits per heavy atom. The Labute approximate surface area is 123 Å². The summed E-state index contributed by atoms with van der Waals surface area (Å²) in [6.45, 7) is 0.628. The zero-order valence-electron chi connectivity index (χ0n) is 12.0. The highest BCUT2D eigenvalue weighted by molar-refractivity contribution is 5.52. The molecule has 0 spiro atoms. The Hall–Kier alpha value is -2.36. The number of fused-ring (bicyclic) bond motifs is 5. The highest BCUT2D eigenvalue weighted by atomic mass is 16.5. The third-order valence-electron chi connectivity index (χ3n) is 4.18. The zero-order valence-corrected chi connectivity index (χ0v) is 12.0. The van der Waals surface area contributed by atoms with E-state index in [0.717, 1.165) is 28.6 Å². The lowest BCUT2D eigenvalue weighted by molar-refractivity contribution is 0.139. The first-order valence-electron chi connectivity index (χ1n) is 6.95. The SMILES string of the molecule is COc1ccc2c(c1)O[C@H]1c3cc(OC)ccc3OC[C@@H]21. The average Bonchev–Trinajstić information content (AvgIpc) is 2.92. The van der Waals surface area contributed by atoms with E-state index in [1.54, 1.807) is 14.2 Å². The Balaban J connectivity index is 1.77. The van der Waals surface area contributed by atoms with Gasteiger partial charge >= 0.3 is 0 Å². The molecular weight excluding hydrogens is 268 g/mol. The quantitative estimate of drug-likeness (QED) is 0.847. The largest absolute Gasteiger partial charge is 0.497 e. The highest BCUT2D eigenvalue weighted by Gasteiger charge is 2.41. The minimum absolute atomic E-state index is 0.0223. The molecule has 4 rings (SSSR count). The van der Waals surface area contributed by atoms with Crippen molar-refractivity contribution in [2.45, 2.75) is 12.0 Å². The molecule has 2 aromatic rings. The summed E-state index contributed by atoms with van der Waals surface area (Å²) < 4.78 is 22.6. The molecule has 108 valence electrons. The summed E-state index contributed by atoms with van der Waals surface area (Å²) in [4.78, 5) is 0. The van der Waals surface area contributed by atoms with E-state index in [-0.39, 0.29) is 12.0 Å². The van der Waals surface area contributed by atoms with Crippen molar-refractivity contribution >= 4 is 0 Å². The summed E-state index contributed by atoms with van der Waals surface area (Å²) in [5.74, 6) is 3.58. The number of methoxy groups -OCH3 is 2. The molecule has 0 aliphatic carbocycles. The van der Waals surface area contributed by atoms with Crippen molar-refractivity contribution in [2.75, 3.05) is 20.8 Å². The Morgan fingerprint density at radius 3 is 2.48 bits per heavy atom. The Bertz CT molecular complexity index is 695. The third kappa shape index (κ3) is 1.82. The van der Waals surface area contributed by atoms with Crippen molar-refractivity contribution in [1.29, 1.82) is 0 Å². The van der Waals surface area contributed by atoms with Crippen LogP contribution >= 0.6 is 0 Å². The molecule has 0 fully saturated rings. The van der Waals surface area contributed by atoms with Crippen LogP contribution in [0.2, 0.25) is 0 Å². The molecule has 0 aromatic heterocycles. The van der Waals surface area contributed by atoms with Gasteiger partial charge in [-0.05, 0) is 24.3 Å². The van der Waals surface area contributed by atoms with E-state index in [1.807, 2.05) is 30.3 Å². The molecule has 0 radical (unpaired) electrons. The van der Waals surface area contributed by atoms with Crippen LogP contribution in [0, 0.1) is 0 Å². The smallest absolute Gasteiger partial charge is 0.138 e. The van der Waals surface area contributed by atoms with Gasteiger partial charge in [0.15, 0.2) is 0 Å². The van der Waals surface area contributed by atoms with E-state index in [9.17, 15) is 0 Å². The number of ether oxygens (including phenoxy) is 4. The van der Waals surface area contributed by atoms with Crippen molar-refractivity contribution in [3.05, 3.63) is 47.5 Å². The molecule has 0 amide bonds. The van der Waals surface area contributed by atoms with Gasteiger partial charge in [-0.2, -0.15) is 0 Å². The fraction of sp³-hybridized carbons (Fsp3) is 0.294. The molecule has 0 N–H and O–H groups in total. The summed E-state index contributed by atoms with van der Waals surface area (Å²) in [5, 5.41) is 0. The average molecular weight is 284 g/mol. The predicted molar refractivity (Wildman–Crippen MR) is 77.6 cm³/mol. The van der Waals surface area contributed by atoms with Gasteiger partial charge in [0.05, 0.1) is 26.7 Å². The molecule has 0 saturated heterocycles. The van der Waals surface area contributed by atoms with Gasteiger partial charge in [-0.1, -0.05) is 6.07 Å². The van der Waals surface area contributed by atoms with Gasteiger partial charge in [0, 0.05) is 17.2 Å². The van der Waals surface area contributed by atoms with Gasteiger partial charge in [0.1, 0.15) is 29.1 Å². The third-order valence-corrected chi connectivity index (χ3v) is 4.18. The summed E-state index contributed by atoms with van der Waals surface area (Å²) in [5.41, 5.74) is 2.22. The summed E-state index contributed by atoms with van der Waals surface area (Å²) in [6, 6.07) is 11.8. The van der Waals surface area contributed by atoms with Crippen molar-refractivity contribution in [3.8, 4) is 23.0 Å². The maximum absolute atomic E-state index is 6.16. The first-order valence-corrected chi connectivity index (χ1v) is 6.95. The molecule has 2 atom stereocenters. The molecule has 0 saturated carbocycles. The molecule has 4 nitrogen and oxygen atoms in total. The molecule has 2 heterocycles. The number of rotatable bonds is 2. The summed E-state index contributed by atoms with van der Waals surface area (Å²) in [7, 11) is 3.32. The lowest BCUT2D eigenvalue weighted by atomic mass is 9.89. The normalized spacial score (nSPS) is 21.4. The van der Waals surface area contributed by atoms with Crippen molar-refractivity contribution in [3.63, 3.8) is 0 Å². The van der Waals surface area contributed by atoms with Crippen LogP contribution in [-0.2, 0) is 0 Å². The van der Waals surface area contributed by atoms with Crippen molar-refractivity contribution in [2.24, 2.45) is 0 Å². The standard InChI is InChI=1S/C17H16O4/c1-18-10-4-6-15-13(7-10)17-14(9-20-15)12-5-3-11(19-2)8-16(12)21-17/h3-8,14,17H,9H2,1-2H3/t14-,17-/m0/s1. The second-order valence-corrected chi connectivity index (χ2v) is 5.26. The molecule has 2 aromatic carbocycles. The van der Waals surface area contributed by atoms with Gasteiger partial charge in [-0.15, -0.1) is 0 Å². The second-order valence-electron chi connectivity index (χ2n) is 5.26. The Morgan fingerprint density at radius 1 is 0.905 bits per heavy atom. The Kier molecular flexibility index (Phi) is 2.70. The minimum atomic E-state index is -0.0223. The molecule has 2 aliphatic heterocycles. The number of hydrogen-bond donors (Lipinski definition) is 0. The lowest BCUT2D eigenvalue weighted by Gasteiger charge is -2.28. The van der Waals surface area contributed by atoms with E-state index in [1.165, 1.54) is 5.56 Å². The molecule has 4 heteroatoms. The van der Waals surface area contributed by atoms with Crippen LogP contribution in [0.15, 0.2) is 36.4 Å². The molecule has 2 aliphatic rings. The fourth-order valence-corrected chi connectivity index (χ4v) is 3.08. The number of benzene rings is 2. The van der Waals surface area contributed by atoms with Crippen LogP contribution in [0.4, 0.5) is 0 Å². The van der Waals surface area contributed by atoms with E-state index in [0.29, 0.717) is 6.61 Å².